The van der Waals surface area contributed by atoms with Crippen molar-refractivity contribution in [1.82, 2.24) is 5.43 Å². The summed E-state index contributed by atoms with van der Waals surface area (Å²) >= 11 is 0. The van der Waals surface area contributed by atoms with Crippen LogP contribution in [0.4, 0.5) is 24.5 Å². The zero-order valence-electron chi connectivity index (χ0n) is 15.0. The van der Waals surface area contributed by atoms with Crippen molar-refractivity contribution >= 4 is 28.9 Å². The number of halogens is 3. The van der Waals surface area contributed by atoms with Crippen LogP contribution in [0.15, 0.2) is 53.6 Å². The number of hydrogen-bond acceptors (Lipinski definition) is 5. The topological polar surface area (TPSA) is 114 Å². The number of benzene rings is 2. The van der Waals surface area contributed by atoms with Crippen LogP contribution in [-0.2, 0) is 11.0 Å². The maximum absolute atomic E-state index is 12.7. The van der Waals surface area contributed by atoms with Gasteiger partial charge in [-0.05, 0) is 31.2 Å². The number of carbonyl (C=O) groups is 2. The van der Waals surface area contributed by atoms with Gasteiger partial charge in [0.2, 0.25) is 5.91 Å². The highest BCUT2D eigenvalue weighted by molar-refractivity contribution is 6.06. The molecule has 0 spiro atoms. The van der Waals surface area contributed by atoms with Gasteiger partial charge in [-0.3, -0.25) is 19.7 Å². The molecule has 0 bridgehead atoms. The first-order chi connectivity index (χ1) is 13.6. The molecule has 2 aromatic rings. The molecule has 0 heterocycles. The number of rotatable bonds is 6. The molecule has 0 saturated carbocycles. The van der Waals surface area contributed by atoms with Crippen molar-refractivity contribution in [3.63, 3.8) is 0 Å². The Kier molecular flexibility index (Phi) is 6.65. The number of nitrogens with one attached hydrogen (secondary N) is 2. The van der Waals surface area contributed by atoms with Gasteiger partial charge in [-0.2, -0.15) is 18.3 Å². The lowest BCUT2D eigenvalue weighted by Gasteiger charge is -2.10. The molecular formula is C18H15F3N4O4. The number of nitrogens with zero attached hydrogens (tertiary/aromatic N) is 2. The number of nitro groups is 1. The maximum Gasteiger partial charge on any atom is 0.416 e. The fraction of sp³-hybridized carbons (Fsp3) is 0.167. The second-order valence-electron chi connectivity index (χ2n) is 5.90. The van der Waals surface area contributed by atoms with Crippen LogP contribution in [0.1, 0.15) is 29.3 Å². The Balaban J connectivity index is 1.96. The number of amides is 2. The Morgan fingerprint density at radius 3 is 2.48 bits per heavy atom. The fourth-order valence-electron chi connectivity index (χ4n) is 2.22. The normalized spacial score (nSPS) is 11.7. The molecule has 0 saturated heterocycles. The van der Waals surface area contributed by atoms with Gasteiger partial charge in [0.05, 0.1) is 16.9 Å². The van der Waals surface area contributed by atoms with Crippen LogP contribution in [0.25, 0.3) is 0 Å². The standard InChI is InChI=1S/C18H15F3N4O4/c1-11(23-24-17(27)12-4-2-7-15(9-12)25(28)29)8-16(26)22-14-6-3-5-13(10-14)18(19,20)21/h2-7,9-10H,8H2,1H3,(H,22,26)(H,24,27)/b23-11-. The molecule has 2 aromatic carbocycles. The Morgan fingerprint density at radius 2 is 1.83 bits per heavy atom. The molecular weight excluding hydrogens is 393 g/mol. The van der Waals surface area contributed by atoms with Crippen LogP contribution in [0.3, 0.4) is 0 Å². The lowest BCUT2D eigenvalue weighted by atomic mass is 10.2. The van der Waals surface area contributed by atoms with Crippen LogP contribution in [0, 0.1) is 10.1 Å². The summed E-state index contributed by atoms with van der Waals surface area (Å²) in [6.07, 6.45) is -4.82. The smallest absolute Gasteiger partial charge is 0.326 e. The van der Waals surface area contributed by atoms with Gasteiger partial charge in [-0.15, -0.1) is 0 Å². The van der Waals surface area contributed by atoms with E-state index in [-0.39, 0.29) is 29.1 Å². The van der Waals surface area contributed by atoms with Crippen molar-refractivity contribution in [1.29, 1.82) is 0 Å². The molecule has 0 aliphatic heterocycles. The molecule has 2 N–H and O–H groups in total. The largest absolute Gasteiger partial charge is 0.416 e. The molecule has 0 aromatic heterocycles. The van der Waals surface area contributed by atoms with Crippen molar-refractivity contribution in [2.24, 2.45) is 5.10 Å². The van der Waals surface area contributed by atoms with Crippen LogP contribution in [-0.4, -0.2) is 22.4 Å². The van der Waals surface area contributed by atoms with E-state index in [4.69, 9.17) is 0 Å². The molecule has 0 fully saturated rings. The molecule has 29 heavy (non-hydrogen) atoms. The molecule has 0 radical (unpaired) electrons. The summed E-state index contributed by atoms with van der Waals surface area (Å²) in [7, 11) is 0. The molecule has 8 nitrogen and oxygen atoms in total. The van der Waals surface area contributed by atoms with Gasteiger partial charge in [0, 0.05) is 29.1 Å². The van der Waals surface area contributed by atoms with E-state index in [0.717, 1.165) is 18.2 Å². The number of anilines is 1. The highest BCUT2D eigenvalue weighted by Gasteiger charge is 2.30. The second kappa shape index (κ2) is 8.95. The van der Waals surface area contributed by atoms with Crippen molar-refractivity contribution in [2.75, 3.05) is 5.32 Å². The van der Waals surface area contributed by atoms with Gasteiger partial charge in [0.15, 0.2) is 0 Å². The van der Waals surface area contributed by atoms with E-state index in [0.29, 0.717) is 0 Å². The third-order valence-corrected chi connectivity index (χ3v) is 3.56. The zero-order valence-corrected chi connectivity index (χ0v) is 15.0. The van der Waals surface area contributed by atoms with Crippen molar-refractivity contribution in [3.8, 4) is 0 Å². The van der Waals surface area contributed by atoms with Gasteiger partial charge < -0.3 is 5.32 Å². The van der Waals surface area contributed by atoms with E-state index in [1.807, 2.05) is 0 Å². The van der Waals surface area contributed by atoms with Gasteiger partial charge in [-0.1, -0.05) is 12.1 Å². The third-order valence-electron chi connectivity index (χ3n) is 3.56. The summed E-state index contributed by atoms with van der Waals surface area (Å²) in [6.45, 7) is 1.43. The van der Waals surface area contributed by atoms with E-state index < -0.39 is 28.5 Å². The molecule has 0 aliphatic rings. The van der Waals surface area contributed by atoms with E-state index >= 15 is 0 Å². The van der Waals surface area contributed by atoms with Crippen molar-refractivity contribution in [2.45, 2.75) is 19.5 Å². The van der Waals surface area contributed by atoms with E-state index in [1.54, 1.807) is 0 Å². The molecule has 2 rings (SSSR count). The van der Waals surface area contributed by atoms with Crippen molar-refractivity contribution < 1.29 is 27.7 Å². The lowest BCUT2D eigenvalue weighted by molar-refractivity contribution is -0.384. The summed E-state index contributed by atoms with van der Waals surface area (Å²) in [6, 6.07) is 9.15. The van der Waals surface area contributed by atoms with Crippen LogP contribution in [0.2, 0.25) is 0 Å². The van der Waals surface area contributed by atoms with Crippen molar-refractivity contribution in [3.05, 3.63) is 69.8 Å². The summed E-state index contributed by atoms with van der Waals surface area (Å²) in [4.78, 5) is 34.0. The summed E-state index contributed by atoms with van der Waals surface area (Å²) in [5, 5.41) is 16.8. The van der Waals surface area contributed by atoms with E-state index in [2.05, 4.69) is 15.8 Å². The molecule has 0 atom stereocenters. The molecule has 11 heteroatoms. The zero-order chi connectivity index (χ0) is 21.6. The van der Waals surface area contributed by atoms with Gasteiger partial charge in [-0.25, -0.2) is 5.43 Å². The summed E-state index contributed by atoms with van der Waals surface area (Å²) in [5.41, 5.74) is 1.15. The van der Waals surface area contributed by atoms with E-state index in [9.17, 15) is 32.9 Å². The van der Waals surface area contributed by atoms with Gasteiger partial charge in [0.1, 0.15) is 0 Å². The minimum atomic E-state index is -4.53. The minimum absolute atomic E-state index is 0.00386. The summed E-state index contributed by atoms with van der Waals surface area (Å²) < 4.78 is 38.1. The Morgan fingerprint density at radius 1 is 1.14 bits per heavy atom. The Labute approximate surface area is 162 Å². The SMILES string of the molecule is C/C(CC(=O)Nc1cccc(C(F)(F)F)c1)=N/NC(=O)c1cccc([N+](=O)[O-])c1. The first-order valence-electron chi connectivity index (χ1n) is 8.11. The lowest BCUT2D eigenvalue weighted by Crippen LogP contribution is -2.21. The highest BCUT2D eigenvalue weighted by atomic mass is 19.4. The predicted molar refractivity (Wildman–Crippen MR) is 98.4 cm³/mol. The summed E-state index contributed by atoms with van der Waals surface area (Å²) in [5.74, 6) is -1.35. The van der Waals surface area contributed by atoms with Crippen LogP contribution in [0.5, 0.6) is 0 Å². The molecule has 0 unspecified atom stereocenters. The number of carbonyl (C=O) groups excluding carboxylic acids is 2. The van der Waals surface area contributed by atoms with Gasteiger partial charge in [0.25, 0.3) is 11.6 Å². The van der Waals surface area contributed by atoms with Crippen LogP contribution < -0.4 is 10.7 Å². The number of alkyl halides is 3. The average Bonchev–Trinajstić information content (AvgIpc) is 2.65. The maximum atomic E-state index is 12.7. The number of nitro benzene ring substituents is 1. The molecule has 0 aliphatic carbocycles. The Bertz CT molecular complexity index is 974. The first-order valence-corrected chi connectivity index (χ1v) is 8.11. The Hall–Kier alpha value is -3.76. The first kappa shape index (κ1) is 21.5. The van der Waals surface area contributed by atoms with Crippen LogP contribution >= 0.6 is 0 Å². The fourth-order valence-corrected chi connectivity index (χ4v) is 2.22. The third kappa shape index (κ3) is 6.41. The monoisotopic (exact) mass is 408 g/mol. The second-order valence-corrected chi connectivity index (χ2v) is 5.90. The number of non-ortho nitro benzene ring substituents is 1. The average molecular weight is 408 g/mol. The number of hydrazone groups is 1. The number of hydrogen-bond donors (Lipinski definition) is 2. The predicted octanol–water partition coefficient (Wildman–Crippen LogP) is 3.75. The quantitative estimate of drug-likeness (QED) is 0.430. The highest BCUT2D eigenvalue weighted by Crippen LogP contribution is 2.30. The van der Waals surface area contributed by atoms with E-state index in [1.165, 1.54) is 37.3 Å². The molecule has 2 amide bonds. The molecule has 152 valence electrons. The minimum Gasteiger partial charge on any atom is -0.326 e. The van der Waals surface area contributed by atoms with Gasteiger partial charge >= 0.3 is 6.18 Å².